The van der Waals surface area contributed by atoms with Crippen LogP contribution >= 0.6 is 0 Å². The molecule has 0 spiro atoms. The normalized spacial score (nSPS) is 19.1. The number of carbonyl (C=O) groups excluding carboxylic acids is 1. The van der Waals surface area contributed by atoms with Crippen LogP contribution in [0.3, 0.4) is 0 Å². The molecule has 0 aliphatic carbocycles. The Bertz CT molecular complexity index is 615. The Hall–Kier alpha value is -1.88. The van der Waals surface area contributed by atoms with Gasteiger partial charge >= 0.3 is 5.97 Å². The number of methoxy groups -OCH3 is 1. The highest BCUT2D eigenvalue weighted by atomic mass is 16.5. The van der Waals surface area contributed by atoms with Crippen molar-refractivity contribution in [2.75, 3.05) is 13.7 Å². The van der Waals surface area contributed by atoms with Gasteiger partial charge in [0.15, 0.2) is 0 Å². The lowest BCUT2D eigenvalue weighted by molar-refractivity contribution is 0.0600. The standard InChI is InChI=1S/C15H19N3O2/c1-20-15(19)11-5-7-18-10-13(17-14(18)8-11)9-12-4-2-3-6-16-12/h5,7-8,10,12,16H,2-4,6,9H2,1H3. The van der Waals surface area contributed by atoms with Crippen molar-refractivity contribution < 1.29 is 9.53 Å². The number of fused-ring (bicyclic) bond motifs is 1. The van der Waals surface area contributed by atoms with Crippen LogP contribution in [0.5, 0.6) is 0 Å². The van der Waals surface area contributed by atoms with E-state index in [1.165, 1.54) is 26.4 Å². The molecule has 1 atom stereocenters. The molecule has 1 aliphatic heterocycles. The highest BCUT2D eigenvalue weighted by Crippen LogP contribution is 2.14. The van der Waals surface area contributed by atoms with E-state index in [4.69, 9.17) is 4.74 Å². The molecule has 1 unspecified atom stereocenters. The molecule has 20 heavy (non-hydrogen) atoms. The van der Waals surface area contributed by atoms with E-state index in [1.54, 1.807) is 12.1 Å². The summed E-state index contributed by atoms with van der Waals surface area (Å²) in [5.41, 5.74) is 2.39. The maximum Gasteiger partial charge on any atom is 0.338 e. The number of carbonyl (C=O) groups is 1. The first-order valence-electron chi connectivity index (χ1n) is 7.05. The summed E-state index contributed by atoms with van der Waals surface area (Å²) in [6, 6.07) is 4.04. The molecule has 2 aromatic heterocycles. The second kappa shape index (κ2) is 5.63. The third-order valence-corrected chi connectivity index (χ3v) is 3.80. The maximum atomic E-state index is 11.5. The summed E-state index contributed by atoms with van der Waals surface area (Å²) < 4.78 is 6.68. The van der Waals surface area contributed by atoms with Crippen LogP contribution in [-0.2, 0) is 11.2 Å². The first kappa shape index (κ1) is 13.1. The fraction of sp³-hybridized carbons (Fsp3) is 0.467. The minimum atomic E-state index is -0.328. The van der Waals surface area contributed by atoms with Crippen molar-refractivity contribution in [3.8, 4) is 0 Å². The van der Waals surface area contributed by atoms with Crippen LogP contribution in [0.2, 0.25) is 0 Å². The third kappa shape index (κ3) is 2.67. The van der Waals surface area contributed by atoms with Gasteiger partial charge in [-0.1, -0.05) is 6.42 Å². The van der Waals surface area contributed by atoms with E-state index < -0.39 is 0 Å². The predicted octanol–water partition coefficient (Wildman–Crippen LogP) is 1.81. The Morgan fingerprint density at radius 1 is 1.55 bits per heavy atom. The third-order valence-electron chi connectivity index (χ3n) is 3.80. The molecule has 5 nitrogen and oxygen atoms in total. The molecule has 0 saturated carbocycles. The quantitative estimate of drug-likeness (QED) is 0.867. The number of rotatable bonds is 3. The van der Waals surface area contributed by atoms with E-state index in [1.807, 2.05) is 16.8 Å². The molecule has 1 N–H and O–H groups in total. The smallest absolute Gasteiger partial charge is 0.338 e. The summed E-state index contributed by atoms with van der Waals surface area (Å²) in [6.07, 6.45) is 8.59. The number of nitrogens with one attached hydrogen (secondary N) is 1. The zero-order valence-electron chi connectivity index (χ0n) is 11.6. The van der Waals surface area contributed by atoms with Crippen LogP contribution in [-0.4, -0.2) is 35.1 Å². The number of pyridine rings is 1. The Morgan fingerprint density at radius 3 is 3.20 bits per heavy atom. The van der Waals surface area contributed by atoms with Crippen molar-refractivity contribution in [1.82, 2.24) is 14.7 Å². The van der Waals surface area contributed by atoms with Crippen molar-refractivity contribution >= 4 is 11.6 Å². The Kier molecular flexibility index (Phi) is 3.69. The van der Waals surface area contributed by atoms with Crippen molar-refractivity contribution in [1.29, 1.82) is 0 Å². The summed E-state index contributed by atoms with van der Waals surface area (Å²) in [7, 11) is 1.39. The molecule has 0 amide bonds. The first-order chi connectivity index (χ1) is 9.76. The number of hydrogen-bond acceptors (Lipinski definition) is 4. The van der Waals surface area contributed by atoms with Gasteiger partial charge in [0.1, 0.15) is 5.65 Å². The van der Waals surface area contributed by atoms with Crippen LogP contribution in [0.4, 0.5) is 0 Å². The fourth-order valence-corrected chi connectivity index (χ4v) is 2.73. The van der Waals surface area contributed by atoms with Gasteiger partial charge in [0, 0.05) is 24.9 Å². The van der Waals surface area contributed by atoms with Gasteiger partial charge in [-0.25, -0.2) is 9.78 Å². The monoisotopic (exact) mass is 273 g/mol. The lowest BCUT2D eigenvalue weighted by atomic mass is 10.0. The van der Waals surface area contributed by atoms with E-state index in [2.05, 4.69) is 10.3 Å². The molecule has 2 aromatic rings. The van der Waals surface area contributed by atoms with Crippen LogP contribution in [0, 0.1) is 0 Å². The van der Waals surface area contributed by atoms with E-state index in [0.717, 1.165) is 24.3 Å². The molecule has 3 heterocycles. The molecule has 0 aromatic carbocycles. The Labute approximate surface area is 118 Å². The summed E-state index contributed by atoms with van der Waals surface area (Å²) in [6.45, 7) is 1.10. The average Bonchev–Trinajstić information content (AvgIpc) is 2.88. The zero-order chi connectivity index (χ0) is 13.9. The Balaban J connectivity index is 1.81. The highest BCUT2D eigenvalue weighted by molar-refractivity contribution is 5.90. The van der Waals surface area contributed by atoms with E-state index >= 15 is 0 Å². The van der Waals surface area contributed by atoms with Crippen molar-refractivity contribution in [3.63, 3.8) is 0 Å². The van der Waals surface area contributed by atoms with Gasteiger partial charge in [-0.05, 0) is 31.5 Å². The first-order valence-corrected chi connectivity index (χ1v) is 7.05. The number of hydrogen-bond donors (Lipinski definition) is 1. The minimum Gasteiger partial charge on any atom is -0.465 e. The van der Waals surface area contributed by atoms with Gasteiger partial charge in [0.05, 0.1) is 18.4 Å². The highest BCUT2D eigenvalue weighted by Gasteiger charge is 2.15. The second-order valence-corrected chi connectivity index (χ2v) is 5.26. The number of esters is 1. The molecule has 1 aliphatic rings. The van der Waals surface area contributed by atoms with Gasteiger partial charge in [0.25, 0.3) is 0 Å². The SMILES string of the molecule is COC(=O)c1ccn2cc(CC3CCCCN3)nc2c1. The summed E-state index contributed by atoms with van der Waals surface area (Å²) >= 11 is 0. The molecule has 106 valence electrons. The number of nitrogens with zero attached hydrogens (tertiary/aromatic N) is 2. The Morgan fingerprint density at radius 2 is 2.45 bits per heavy atom. The summed E-state index contributed by atoms with van der Waals surface area (Å²) in [5.74, 6) is -0.328. The van der Waals surface area contributed by atoms with Crippen molar-refractivity contribution in [2.24, 2.45) is 0 Å². The van der Waals surface area contributed by atoms with E-state index in [0.29, 0.717) is 11.6 Å². The lowest BCUT2D eigenvalue weighted by Crippen LogP contribution is -2.35. The number of piperidine rings is 1. The molecule has 0 bridgehead atoms. The number of imidazole rings is 1. The number of aromatic nitrogens is 2. The van der Waals surface area contributed by atoms with Crippen LogP contribution in [0.1, 0.15) is 35.3 Å². The predicted molar refractivity (Wildman–Crippen MR) is 75.9 cm³/mol. The largest absolute Gasteiger partial charge is 0.465 e. The average molecular weight is 273 g/mol. The molecular weight excluding hydrogens is 254 g/mol. The molecular formula is C15H19N3O2. The van der Waals surface area contributed by atoms with Crippen molar-refractivity contribution in [3.05, 3.63) is 35.8 Å². The second-order valence-electron chi connectivity index (χ2n) is 5.26. The number of ether oxygens (including phenoxy) is 1. The zero-order valence-corrected chi connectivity index (χ0v) is 11.6. The maximum absolute atomic E-state index is 11.5. The summed E-state index contributed by atoms with van der Waals surface area (Å²) in [4.78, 5) is 16.1. The molecule has 3 rings (SSSR count). The molecule has 1 saturated heterocycles. The topological polar surface area (TPSA) is 55.6 Å². The lowest BCUT2D eigenvalue weighted by Gasteiger charge is -2.22. The van der Waals surface area contributed by atoms with E-state index in [9.17, 15) is 4.79 Å². The molecule has 1 fully saturated rings. The van der Waals surface area contributed by atoms with Crippen molar-refractivity contribution in [2.45, 2.75) is 31.7 Å². The van der Waals surface area contributed by atoms with Crippen LogP contribution in [0.15, 0.2) is 24.5 Å². The molecule has 0 radical (unpaired) electrons. The minimum absolute atomic E-state index is 0.328. The van der Waals surface area contributed by atoms with Gasteiger partial charge in [-0.3, -0.25) is 0 Å². The van der Waals surface area contributed by atoms with Gasteiger partial charge in [-0.2, -0.15) is 0 Å². The molecule has 5 heteroatoms. The van der Waals surface area contributed by atoms with Crippen LogP contribution < -0.4 is 5.32 Å². The van der Waals surface area contributed by atoms with Gasteiger partial charge in [-0.15, -0.1) is 0 Å². The summed E-state index contributed by atoms with van der Waals surface area (Å²) in [5, 5.41) is 3.53. The van der Waals surface area contributed by atoms with Gasteiger partial charge < -0.3 is 14.5 Å². The van der Waals surface area contributed by atoms with Crippen LogP contribution in [0.25, 0.3) is 5.65 Å². The van der Waals surface area contributed by atoms with E-state index in [-0.39, 0.29) is 5.97 Å². The fourth-order valence-electron chi connectivity index (χ4n) is 2.73. The van der Waals surface area contributed by atoms with Gasteiger partial charge in [0.2, 0.25) is 0 Å².